The first kappa shape index (κ1) is 71.5. The summed E-state index contributed by atoms with van der Waals surface area (Å²) >= 11 is 0. The molecule has 0 rings (SSSR count). The minimum absolute atomic E-state index is 0.362. The van der Waals surface area contributed by atoms with Crippen LogP contribution in [0.15, 0.2) is 36.5 Å². The van der Waals surface area contributed by atoms with Gasteiger partial charge in [-0.3, -0.25) is 4.79 Å². The molecule has 4 unspecified atom stereocenters. The Morgan fingerprint density at radius 3 is 0.863 bits per heavy atom. The third-order valence-corrected chi connectivity index (χ3v) is 15.6. The number of rotatable bonds is 61. The van der Waals surface area contributed by atoms with E-state index in [1.54, 1.807) is 0 Å². The summed E-state index contributed by atoms with van der Waals surface area (Å²) in [4.78, 5) is 12.6. The molecule has 0 aliphatic rings. The summed E-state index contributed by atoms with van der Waals surface area (Å²) in [6.07, 6.45) is 78.3. The van der Waals surface area contributed by atoms with Crippen molar-refractivity contribution in [2.24, 2.45) is 0 Å². The van der Waals surface area contributed by atoms with Crippen LogP contribution in [-0.4, -0.2) is 57.3 Å². The highest BCUT2D eigenvalue weighted by molar-refractivity contribution is 5.80. The van der Waals surface area contributed by atoms with Crippen molar-refractivity contribution in [3.63, 3.8) is 0 Å². The Morgan fingerprint density at radius 1 is 0.329 bits per heavy atom. The van der Waals surface area contributed by atoms with E-state index in [0.717, 1.165) is 38.5 Å². The quantitative estimate of drug-likeness (QED) is 0.0308. The Hall–Kier alpha value is -1.47. The van der Waals surface area contributed by atoms with Crippen LogP contribution in [0.25, 0.3) is 0 Å². The minimum Gasteiger partial charge on any atom is -0.394 e. The third kappa shape index (κ3) is 55.1. The van der Waals surface area contributed by atoms with Crippen molar-refractivity contribution in [3.05, 3.63) is 36.5 Å². The Morgan fingerprint density at radius 2 is 0.575 bits per heavy atom. The van der Waals surface area contributed by atoms with E-state index in [9.17, 15) is 25.2 Å². The third-order valence-electron chi connectivity index (χ3n) is 15.6. The van der Waals surface area contributed by atoms with Gasteiger partial charge in [0.15, 0.2) is 0 Å². The van der Waals surface area contributed by atoms with Gasteiger partial charge in [-0.1, -0.05) is 314 Å². The number of carbonyl (C=O) groups is 1. The lowest BCUT2D eigenvalue weighted by Crippen LogP contribution is -2.53. The monoisotopic (exact) mass is 1030 g/mol. The van der Waals surface area contributed by atoms with Crippen LogP contribution in [-0.2, 0) is 4.79 Å². The van der Waals surface area contributed by atoms with E-state index in [-0.39, 0.29) is 0 Å². The standard InChI is InChI=1S/C67H129NO5/c1-3-5-7-9-11-13-15-17-19-21-23-25-26-27-28-29-30-31-32-33-34-35-36-37-38-39-41-43-45-47-49-51-53-55-57-59-61-65(71)67(73)68-63(62-69)66(72)64(70)60-58-56-54-52-50-48-46-44-42-40-24-22-20-18-16-14-12-10-8-6-4-2/h31-32,44,46,52,54,63-66,69-72H,3-30,33-43,45,47-51,53,55-62H2,1-2H3,(H,68,73)/b32-31-,46-44+,54-52+. The molecule has 0 aromatic heterocycles. The molecule has 0 saturated heterocycles. The summed E-state index contributed by atoms with van der Waals surface area (Å²) in [5.41, 5.74) is 0. The van der Waals surface area contributed by atoms with Crippen LogP contribution in [0.2, 0.25) is 0 Å². The number of hydrogen-bond donors (Lipinski definition) is 5. The number of amides is 1. The fourth-order valence-electron chi connectivity index (χ4n) is 10.4. The second-order valence-electron chi connectivity index (χ2n) is 22.8. The molecule has 0 aliphatic carbocycles. The molecule has 0 radical (unpaired) electrons. The highest BCUT2D eigenvalue weighted by Crippen LogP contribution is 2.18. The number of carbonyl (C=O) groups excluding carboxylic acids is 1. The van der Waals surface area contributed by atoms with E-state index in [1.807, 2.05) is 0 Å². The van der Waals surface area contributed by atoms with E-state index in [2.05, 4.69) is 55.6 Å². The normalized spacial score (nSPS) is 13.8. The number of aliphatic hydroxyl groups is 4. The molecule has 0 aliphatic heterocycles. The summed E-state index contributed by atoms with van der Waals surface area (Å²) in [6, 6.07) is -1.01. The van der Waals surface area contributed by atoms with Crippen LogP contribution in [0.5, 0.6) is 0 Å². The van der Waals surface area contributed by atoms with Crippen molar-refractivity contribution < 1.29 is 25.2 Å². The van der Waals surface area contributed by atoms with Crippen molar-refractivity contribution >= 4 is 5.91 Å². The first-order valence-electron chi connectivity index (χ1n) is 32.9. The van der Waals surface area contributed by atoms with Gasteiger partial charge in [-0.15, -0.1) is 0 Å². The van der Waals surface area contributed by atoms with E-state index < -0.39 is 36.9 Å². The molecule has 0 saturated carbocycles. The van der Waals surface area contributed by atoms with Gasteiger partial charge in [0.1, 0.15) is 12.2 Å². The Kier molecular flexibility index (Phi) is 60.1. The summed E-state index contributed by atoms with van der Waals surface area (Å²) in [7, 11) is 0. The molecular weight excluding hydrogens is 899 g/mol. The molecule has 0 fully saturated rings. The van der Waals surface area contributed by atoms with Gasteiger partial charge in [0, 0.05) is 0 Å². The zero-order chi connectivity index (χ0) is 53.0. The summed E-state index contributed by atoms with van der Waals surface area (Å²) in [6.45, 7) is 4.08. The second-order valence-corrected chi connectivity index (χ2v) is 22.8. The van der Waals surface area contributed by atoms with Gasteiger partial charge in [-0.25, -0.2) is 0 Å². The van der Waals surface area contributed by atoms with Gasteiger partial charge < -0.3 is 25.7 Å². The molecule has 6 nitrogen and oxygen atoms in total. The van der Waals surface area contributed by atoms with Crippen LogP contribution in [0.4, 0.5) is 0 Å². The highest BCUT2D eigenvalue weighted by atomic mass is 16.3. The van der Waals surface area contributed by atoms with Gasteiger partial charge in [-0.2, -0.15) is 0 Å². The van der Waals surface area contributed by atoms with Crippen molar-refractivity contribution in [2.75, 3.05) is 6.61 Å². The van der Waals surface area contributed by atoms with Gasteiger partial charge in [0.25, 0.3) is 0 Å². The van der Waals surface area contributed by atoms with Crippen LogP contribution < -0.4 is 5.32 Å². The Balaban J connectivity index is 3.57. The van der Waals surface area contributed by atoms with Gasteiger partial charge in [-0.05, 0) is 77.0 Å². The SMILES string of the molecule is CCCCCCCCCCCCCC/C=C/CC/C=C/CCCC(O)C(O)C(CO)NC(=O)C(O)CCCCCCCCCCCCCCCCCC/C=C\CCCCCCCCCCCCCCCCCC. The zero-order valence-corrected chi connectivity index (χ0v) is 49.2. The molecular formula is C67H129NO5. The van der Waals surface area contributed by atoms with Gasteiger partial charge >= 0.3 is 0 Å². The predicted molar refractivity (Wildman–Crippen MR) is 321 cm³/mol. The molecule has 1 amide bonds. The number of allylic oxidation sites excluding steroid dienone is 6. The molecule has 0 heterocycles. The Bertz CT molecular complexity index is 1150. The average molecular weight is 1030 g/mol. The fourth-order valence-corrected chi connectivity index (χ4v) is 10.4. The predicted octanol–water partition coefficient (Wildman–Crippen LogP) is 19.9. The lowest BCUT2D eigenvalue weighted by molar-refractivity contribution is -0.132. The molecule has 0 bridgehead atoms. The summed E-state index contributed by atoms with van der Waals surface area (Å²) in [5.74, 6) is -0.592. The number of hydrogen-bond acceptors (Lipinski definition) is 5. The Labute approximate surface area is 456 Å². The second kappa shape index (κ2) is 61.4. The molecule has 0 spiro atoms. The molecule has 5 N–H and O–H groups in total. The zero-order valence-electron chi connectivity index (χ0n) is 49.2. The topological polar surface area (TPSA) is 110 Å². The lowest BCUT2D eigenvalue weighted by atomic mass is 10.00. The maximum absolute atomic E-state index is 12.6. The van der Waals surface area contributed by atoms with E-state index >= 15 is 0 Å². The average Bonchev–Trinajstić information content (AvgIpc) is 3.40. The van der Waals surface area contributed by atoms with Crippen LogP contribution in [0, 0.1) is 0 Å². The number of unbranched alkanes of at least 4 members (excludes halogenated alkanes) is 46. The van der Waals surface area contributed by atoms with Gasteiger partial charge in [0.05, 0.1) is 18.8 Å². The van der Waals surface area contributed by atoms with Crippen molar-refractivity contribution in [3.8, 4) is 0 Å². The van der Waals surface area contributed by atoms with E-state index in [0.29, 0.717) is 19.3 Å². The number of nitrogens with one attached hydrogen (secondary N) is 1. The molecule has 0 aromatic rings. The van der Waals surface area contributed by atoms with Crippen molar-refractivity contribution in [1.29, 1.82) is 0 Å². The van der Waals surface area contributed by atoms with Crippen LogP contribution >= 0.6 is 0 Å². The van der Waals surface area contributed by atoms with Crippen LogP contribution in [0.3, 0.4) is 0 Å². The van der Waals surface area contributed by atoms with Gasteiger partial charge in [0.2, 0.25) is 5.91 Å². The molecule has 6 heteroatoms. The highest BCUT2D eigenvalue weighted by Gasteiger charge is 2.28. The lowest BCUT2D eigenvalue weighted by Gasteiger charge is -2.27. The molecule has 73 heavy (non-hydrogen) atoms. The first-order valence-corrected chi connectivity index (χ1v) is 32.9. The summed E-state index contributed by atoms with van der Waals surface area (Å²) in [5, 5.41) is 44.1. The first-order chi connectivity index (χ1) is 36.0. The van der Waals surface area contributed by atoms with Crippen molar-refractivity contribution in [2.45, 2.75) is 379 Å². The molecule has 432 valence electrons. The minimum atomic E-state index is -1.29. The van der Waals surface area contributed by atoms with E-state index in [1.165, 1.54) is 283 Å². The summed E-state index contributed by atoms with van der Waals surface area (Å²) < 4.78 is 0. The fraction of sp³-hybridized carbons (Fsp3) is 0.896. The maximum atomic E-state index is 12.6. The largest absolute Gasteiger partial charge is 0.394 e. The van der Waals surface area contributed by atoms with Crippen LogP contribution in [0.1, 0.15) is 354 Å². The molecule has 4 atom stereocenters. The van der Waals surface area contributed by atoms with Crippen molar-refractivity contribution in [1.82, 2.24) is 5.32 Å². The number of aliphatic hydroxyl groups excluding tert-OH is 4. The van der Waals surface area contributed by atoms with E-state index in [4.69, 9.17) is 0 Å². The smallest absolute Gasteiger partial charge is 0.249 e. The maximum Gasteiger partial charge on any atom is 0.249 e. The molecule has 0 aromatic carbocycles.